The van der Waals surface area contributed by atoms with Crippen molar-refractivity contribution >= 4 is 23.5 Å². The molecule has 0 radical (unpaired) electrons. The van der Waals surface area contributed by atoms with Gasteiger partial charge in [0.1, 0.15) is 0 Å². The fraction of sp³-hybridized carbons (Fsp3) is 0.591. The second-order valence-electron chi connectivity index (χ2n) is 7.99. The molecule has 2 heterocycles. The van der Waals surface area contributed by atoms with Crippen molar-refractivity contribution in [3.8, 4) is 0 Å². The standard InChI is InChI=1S/C22H33N5O3/c1-26(2)21(29)16-25-22(24-15-19-6-3-4-13-30-19)23-14-17-8-10-18(11-9-17)27-12-5-7-20(27)28/h8-11,19H,3-7,12-16H2,1-2H3,(H2,23,24,25). The number of amides is 2. The summed E-state index contributed by atoms with van der Waals surface area (Å²) in [6, 6.07) is 7.94. The predicted molar refractivity (Wildman–Crippen MR) is 117 cm³/mol. The Hall–Kier alpha value is -2.61. The molecule has 1 unspecified atom stereocenters. The molecule has 2 amide bonds. The molecule has 1 aromatic rings. The lowest BCUT2D eigenvalue weighted by molar-refractivity contribution is -0.127. The van der Waals surface area contributed by atoms with Crippen LogP contribution in [-0.4, -0.2) is 69.1 Å². The SMILES string of the molecule is CN(C)C(=O)CNC(=NCc1ccc(N2CCCC2=O)cc1)NCC1CCCCO1. The lowest BCUT2D eigenvalue weighted by atomic mass is 10.1. The Morgan fingerprint density at radius 2 is 2.00 bits per heavy atom. The fourth-order valence-electron chi connectivity index (χ4n) is 3.54. The fourth-order valence-corrected chi connectivity index (χ4v) is 3.54. The molecule has 3 rings (SSSR count). The van der Waals surface area contributed by atoms with Crippen molar-refractivity contribution in [2.45, 2.75) is 44.8 Å². The maximum atomic E-state index is 11.9. The van der Waals surface area contributed by atoms with Gasteiger partial charge in [0, 0.05) is 45.9 Å². The van der Waals surface area contributed by atoms with E-state index in [9.17, 15) is 9.59 Å². The molecule has 2 N–H and O–H groups in total. The van der Waals surface area contributed by atoms with Gasteiger partial charge in [0.2, 0.25) is 11.8 Å². The van der Waals surface area contributed by atoms with Crippen LogP contribution in [0.1, 0.15) is 37.7 Å². The average Bonchev–Trinajstić information content (AvgIpc) is 3.19. The van der Waals surface area contributed by atoms with E-state index in [4.69, 9.17) is 4.74 Å². The summed E-state index contributed by atoms with van der Waals surface area (Å²) in [6.07, 6.45) is 5.05. The topological polar surface area (TPSA) is 86.3 Å². The number of ether oxygens (including phenoxy) is 1. The van der Waals surface area contributed by atoms with Crippen LogP contribution < -0.4 is 15.5 Å². The van der Waals surface area contributed by atoms with Crippen molar-refractivity contribution in [3.05, 3.63) is 29.8 Å². The number of nitrogens with zero attached hydrogens (tertiary/aromatic N) is 3. The molecule has 1 atom stereocenters. The highest BCUT2D eigenvalue weighted by Crippen LogP contribution is 2.21. The van der Waals surface area contributed by atoms with Crippen molar-refractivity contribution < 1.29 is 14.3 Å². The van der Waals surface area contributed by atoms with Gasteiger partial charge in [0.05, 0.1) is 19.2 Å². The van der Waals surface area contributed by atoms with Gasteiger partial charge in [-0.25, -0.2) is 4.99 Å². The summed E-state index contributed by atoms with van der Waals surface area (Å²) in [4.78, 5) is 31.9. The number of hydrogen-bond acceptors (Lipinski definition) is 4. The van der Waals surface area contributed by atoms with E-state index >= 15 is 0 Å². The highest BCUT2D eigenvalue weighted by Gasteiger charge is 2.21. The third-order valence-electron chi connectivity index (χ3n) is 5.42. The Labute approximate surface area is 178 Å². The minimum Gasteiger partial charge on any atom is -0.376 e. The van der Waals surface area contributed by atoms with E-state index in [-0.39, 0.29) is 24.5 Å². The number of benzene rings is 1. The van der Waals surface area contributed by atoms with E-state index in [0.717, 1.165) is 43.7 Å². The minimum absolute atomic E-state index is 0.0157. The van der Waals surface area contributed by atoms with Crippen LogP contribution in [0.2, 0.25) is 0 Å². The second kappa shape index (κ2) is 11.0. The van der Waals surface area contributed by atoms with Crippen LogP contribution in [0.5, 0.6) is 0 Å². The lowest BCUT2D eigenvalue weighted by Gasteiger charge is -2.24. The van der Waals surface area contributed by atoms with Crippen molar-refractivity contribution in [1.82, 2.24) is 15.5 Å². The molecule has 2 aliphatic rings. The van der Waals surface area contributed by atoms with E-state index < -0.39 is 0 Å². The van der Waals surface area contributed by atoms with Crippen LogP contribution in [-0.2, 0) is 20.9 Å². The Bertz CT molecular complexity index is 742. The summed E-state index contributed by atoms with van der Waals surface area (Å²) in [7, 11) is 3.47. The van der Waals surface area contributed by atoms with Crippen LogP contribution in [0.4, 0.5) is 5.69 Å². The first-order chi connectivity index (χ1) is 14.5. The molecule has 0 saturated carbocycles. The molecule has 0 aliphatic carbocycles. The number of carbonyl (C=O) groups excluding carboxylic acids is 2. The maximum absolute atomic E-state index is 11.9. The van der Waals surface area contributed by atoms with Gasteiger partial charge in [-0.15, -0.1) is 0 Å². The van der Waals surface area contributed by atoms with Gasteiger partial charge in [-0.2, -0.15) is 0 Å². The number of anilines is 1. The van der Waals surface area contributed by atoms with Crippen molar-refractivity contribution in [1.29, 1.82) is 0 Å². The number of hydrogen-bond donors (Lipinski definition) is 2. The first-order valence-corrected chi connectivity index (χ1v) is 10.8. The number of rotatable bonds is 7. The molecule has 2 saturated heterocycles. The molecule has 8 heteroatoms. The van der Waals surface area contributed by atoms with Crippen LogP contribution in [0, 0.1) is 0 Å². The third-order valence-corrected chi connectivity index (χ3v) is 5.42. The zero-order chi connectivity index (χ0) is 21.3. The quantitative estimate of drug-likeness (QED) is 0.521. The third kappa shape index (κ3) is 6.45. The number of aliphatic imine (C=N–C) groups is 1. The first kappa shape index (κ1) is 22.1. The predicted octanol–water partition coefficient (Wildman–Crippen LogP) is 1.51. The molecule has 30 heavy (non-hydrogen) atoms. The summed E-state index contributed by atoms with van der Waals surface area (Å²) in [5.74, 6) is 0.767. The van der Waals surface area contributed by atoms with Crippen LogP contribution in [0.25, 0.3) is 0 Å². The molecule has 1 aromatic carbocycles. The number of likely N-dealkylation sites (N-methyl/N-ethyl adjacent to an activating group) is 1. The second-order valence-corrected chi connectivity index (χ2v) is 7.99. The van der Waals surface area contributed by atoms with Gasteiger partial charge in [-0.1, -0.05) is 12.1 Å². The van der Waals surface area contributed by atoms with Crippen LogP contribution in [0.15, 0.2) is 29.3 Å². The smallest absolute Gasteiger partial charge is 0.241 e. The Morgan fingerprint density at radius 1 is 1.20 bits per heavy atom. The largest absolute Gasteiger partial charge is 0.376 e. The molecule has 0 aromatic heterocycles. The molecular weight excluding hydrogens is 382 g/mol. The maximum Gasteiger partial charge on any atom is 0.241 e. The van der Waals surface area contributed by atoms with E-state index in [1.165, 1.54) is 6.42 Å². The van der Waals surface area contributed by atoms with Crippen molar-refractivity contribution in [3.63, 3.8) is 0 Å². The summed E-state index contributed by atoms with van der Waals surface area (Å²) < 4.78 is 5.77. The van der Waals surface area contributed by atoms with Gasteiger partial charge in [0.15, 0.2) is 5.96 Å². The van der Waals surface area contributed by atoms with Gasteiger partial charge in [-0.3, -0.25) is 9.59 Å². The average molecular weight is 416 g/mol. The summed E-state index contributed by atoms with van der Waals surface area (Å²) in [5.41, 5.74) is 1.98. The summed E-state index contributed by atoms with van der Waals surface area (Å²) >= 11 is 0. The van der Waals surface area contributed by atoms with Crippen LogP contribution in [0.3, 0.4) is 0 Å². The molecule has 0 spiro atoms. The van der Waals surface area contributed by atoms with Crippen molar-refractivity contribution in [2.75, 3.05) is 45.2 Å². The highest BCUT2D eigenvalue weighted by atomic mass is 16.5. The molecule has 164 valence electrons. The molecular formula is C22H33N5O3. The monoisotopic (exact) mass is 415 g/mol. The van der Waals surface area contributed by atoms with E-state index in [1.54, 1.807) is 19.0 Å². The Balaban J connectivity index is 1.59. The van der Waals surface area contributed by atoms with Crippen LogP contribution >= 0.6 is 0 Å². The Kier molecular flexibility index (Phi) is 8.07. The molecule has 2 aliphatic heterocycles. The Morgan fingerprint density at radius 3 is 2.63 bits per heavy atom. The van der Waals surface area contributed by atoms with E-state index in [1.807, 2.05) is 29.2 Å². The lowest BCUT2D eigenvalue weighted by Crippen LogP contribution is -2.45. The van der Waals surface area contributed by atoms with Gasteiger partial charge >= 0.3 is 0 Å². The minimum atomic E-state index is -0.0157. The zero-order valence-corrected chi connectivity index (χ0v) is 18.0. The number of guanidine groups is 1. The number of carbonyl (C=O) groups is 2. The van der Waals surface area contributed by atoms with Crippen molar-refractivity contribution in [2.24, 2.45) is 4.99 Å². The highest BCUT2D eigenvalue weighted by molar-refractivity contribution is 5.95. The normalized spacial score (nSPS) is 19.7. The van der Waals surface area contributed by atoms with Gasteiger partial charge < -0.3 is 25.2 Å². The van der Waals surface area contributed by atoms with Gasteiger partial charge in [0.25, 0.3) is 0 Å². The van der Waals surface area contributed by atoms with E-state index in [2.05, 4.69) is 15.6 Å². The molecule has 8 nitrogen and oxygen atoms in total. The van der Waals surface area contributed by atoms with Gasteiger partial charge in [-0.05, 0) is 43.4 Å². The summed E-state index contributed by atoms with van der Waals surface area (Å²) in [5, 5.41) is 6.42. The first-order valence-electron chi connectivity index (χ1n) is 10.8. The molecule has 0 bridgehead atoms. The van der Waals surface area contributed by atoms with E-state index in [0.29, 0.717) is 25.5 Å². The summed E-state index contributed by atoms with van der Waals surface area (Å²) in [6.45, 7) is 2.91. The number of nitrogens with one attached hydrogen (secondary N) is 2. The zero-order valence-electron chi connectivity index (χ0n) is 18.0. The molecule has 2 fully saturated rings.